The Morgan fingerprint density at radius 3 is 2.38 bits per heavy atom. The third-order valence-corrected chi connectivity index (χ3v) is 2.40. The van der Waals surface area contributed by atoms with E-state index in [2.05, 4.69) is 15.9 Å². The fraction of sp³-hybridized carbons (Fsp3) is 0.222. The Labute approximate surface area is 82.9 Å². The van der Waals surface area contributed by atoms with Crippen molar-refractivity contribution >= 4 is 22.2 Å². The van der Waals surface area contributed by atoms with E-state index in [4.69, 9.17) is 0 Å². The standard InChI is InChI=1S/C9H7BrF2O/c10-8-4-2-1-3-6(8)7(5-13)9(11)12/h1-5,7,9H. The topological polar surface area (TPSA) is 17.1 Å². The largest absolute Gasteiger partial charge is 0.302 e. The average molecular weight is 249 g/mol. The lowest BCUT2D eigenvalue weighted by molar-refractivity contribution is -0.111. The van der Waals surface area contributed by atoms with Crippen LogP contribution in [-0.2, 0) is 4.79 Å². The van der Waals surface area contributed by atoms with E-state index in [1.165, 1.54) is 6.07 Å². The normalized spacial score (nSPS) is 12.9. The van der Waals surface area contributed by atoms with E-state index in [1.54, 1.807) is 18.2 Å². The Bertz CT molecular complexity index is 301. The van der Waals surface area contributed by atoms with Gasteiger partial charge in [0.1, 0.15) is 12.2 Å². The van der Waals surface area contributed by atoms with Gasteiger partial charge in [-0.05, 0) is 11.6 Å². The second kappa shape index (κ2) is 4.46. The molecule has 1 rings (SSSR count). The summed E-state index contributed by atoms with van der Waals surface area (Å²) in [4.78, 5) is 10.4. The summed E-state index contributed by atoms with van der Waals surface area (Å²) in [6, 6.07) is 6.48. The molecule has 0 heterocycles. The second-order valence-electron chi connectivity index (χ2n) is 2.52. The van der Waals surface area contributed by atoms with E-state index in [-0.39, 0.29) is 6.29 Å². The molecule has 0 spiro atoms. The molecule has 0 aliphatic carbocycles. The maximum Gasteiger partial charge on any atom is 0.252 e. The van der Waals surface area contributed by atoms with E-state index < -0.39 is 12.3 Å². The van der Waals surface area contributed by atoms with Gasteiger partial charge in [0.2, 0.25) is 0 Å². The minimum Gasteiger partial charge on any atom is -0.302 e. The molecule has 0 bridgehead atoms. The Balaban J connectivity index is 3.04. The fourth-order valence-corrected chi connectivity index (χ4v) is 1.56. The van der Waals surface area contributed by atoms with Gasteiger partial charge < -0.3 is 4.79 Å². The number of alkyl halides is 2. The van der Waals surface area contributed by atoms with Crippen molar-refractivity contribution in [1.29, 1.82) is 0 Å². The van der Waals surface area contributed by atoms with E-state index >= 15 is 0 Å². The number of hydrogen-bond donors (Lipinski definition) is 0. The van der Waals surface area contributed by atoms with Crippen LogP contribution in [0.15, 0.2) is 28.7 Å². The fourth-order valence-electron chi connectivity index (χ4n) is 1.01. The molecule has 0 aliphatic heterocycles. The second-order valence-corrected chi connectivity index (χ2v) is 3.37. The lowest BCUT2D eigenvalue weighted by Crippen LogP contribution is -2.10. The maximum atomic E-state index is 12.3. The molecule has 0 aliphatic rings. The van der Waals surface area contributed by atoms with Crippen molar-refractivity contribution in [1.82, 2.24) is 0 Å². The Morgan fingerprint density at radius 1 is 1.31 bits per heavy atom. The molecule has 1 aromatic rings. The van der Waals surface area contributed by atoms with Crippen molar-refractivity contribution in [3.8, 4) is 0 Å². The van der Waals surface area contributed by atoms with Gasteiger partial charge >= 0.3 is 0 Å². The zero-order chi connectivity index (χ0) is 9.84. The van der Waals surface area contributed by atoms with Gasteiger partial charge in [-0.2, -0.15) is 0 Å². The third kappa shape index (κ3) is 2.34. The molecule has 1 nitrogen and oxygen atoms in total. The Hall–Kier alpha value is -0.770. The van der Waals surface area contributed by atoms with E-state index in [0.717, 1.165) is 0 Å². The zero-order valence-electron chi connectivity index (χ0n) is 6.58. The van der Waals surface area contributed by atoms with Crippen LogP contribution in [0, 0.1) is 0 Å². The number of halogens is 3. The van der Waals surface area contributed by atoms with Gasteiger partial charge in [-0.25, -0.2) is 8.78 Å². The number of carbonyl (C=O) groups excluding carboxylic acids is 1. The molecule has 1 atom stereocenters. The van der Waals surface area contributed by atoms with Crippen LogP contribution in [0.2, 0.25) is 0 Å². The number of benzene rings is 1. The van der Waals surface area contributed by atoms with Gasteiger partial charge in [0.15, 0.2) is 0 Å². The number of hydrogen-bond acceptors (Lipinski definition) is 1. The molecule has 0 N–H and O–H groups in total. The van der Waals surface area contributed by atoms with Crippen molar-refractivity contribution in [2.75, 3.05) is 0 Å². The smallest absolute Gasteiger partial charge is 0.252 e. The molecule has 0 amide bonds. The summed E-state index contributed by atoms with van der Waals surface area (Å²) in [6.07, 6.45) is -2.39. The molecule has 0 aromatic heterocycles. The number of rotatable bonds is 3. The van der Waals surface area contributed by atoms with Gasteiger partial charge in [-0.1, -0.05) is 34.1 Å². The van der Waals surface area contributed by atoms with Gasteiger partial charge in [0, 0.05) is 4.47 Å². The summed E-state index contributed by atoms with van der Waals surface area (Å²) < 4.78 is 25.2. The van der Waals surface area contributed by atoms with Gasteiger partial charge in [0.05, 0.1) is 0 Å². The van der Waals surface area contributed by atoms with Crippen LogP contribution in [0.25, 0.3) is 0 Å². The first-order valence-electron chi connectivity index (χ1n) is 3.64. The SMILES string of the molecule is O=CC(c1ccccc1Br)C(F)F. The quantitative estimate of drug-likeness (QED) is 0.752. The first-order valence-corrected chi connectivity index (χ1v) is 4.44. The Kier molecular flexibility index (Phi) is 3.54. The predicted molar refractivity (Wildman–Crippen MR) is 49.0 cm³/mol. The van der Waals surface area contributed by atoms with E-state index in [1.807, 2.05) is 0 Å². The first-order chi connectivity index (χ1) is 6.16. The van der Waals surface area contributed by atoms with Crippen LogP contribution < -0.4 is 0 Å². The molecular weight excluding hydrogens is 242 g/mol. The molecule has 70 valence electrons. The average Bonchev–Trinajstić information content (AvgIpc) is 2.09. The zero-order valence-corrected chi connectivity index (χ0v) is 8.17. The summed E-state index contributed by atoms with van der Waals surface area (Å²) >= 11 is 3.11. The highest BCUT2D eigenvalue weighted by Gasteiger charge is 2.23. The van der Waals surface area contributed by atoms with Crippen LogP contribution >= 0.6 is 15.9 Å². The van der Waals surface area contributed by atoms with Crippen LogP contribution in [-0.4, -0.2) is 12.7 Å². The van der Waals surface area contributed by atoms with Crippen molar-refractivity contribution in [2.45, 2.75) is 12.3 Å². The summed E-state index contributed by atoms with van der Waals surface area (Å²) in [5, 5.41) is 0. The van der Waals surface area contributed by atoms with Gasteiger partial charge in [0.25, 0.3) is 6.43 Å². The molecule has 0 radical (unpaired) electrons. The Morgan fingerprint density at radius 2 is 1.92 bits per heavy atom. The monoisotopic (exact) mass is 248 g/mol. The van der Waals surface area contributed by atoms with Crippen molar-refractivity contribution in [2.24, 2.45) is 0 Å². The highest BCUT2D eigenvalue weighted by Crippen LogP contribution is 2.27. The maximum absolute atomic E-state index is 12.3. The summed E-state index contributed by atoms with van der Waals surface area (Å²) in [5.41, 5.74) is 0.326. The predicted octanol–water partition coefficient (Wildman–Crippen LogP) is 3.00. The minimum atomic E-state index is -2.66. The van der Waals surface area contributed by atoms with Crippen LogP contribution in [0.1, 0.15) is 11.5 Å². The van der Waals surface area contributed by atoms with Gasteiger partial charge in [-0.15, -0.1) is 0 Å². The van der Waals surface area contributed by atoms with Crippen molar-refractivity contribution in [3.63, 3.8) is 0 Å². The van der Waals surface area contributed by atoms with Crippen LogP contribution in [0.5, 0.6) is 0 Å². The summed E-state index contributed by atoms with van der Waals surface area (Å²) in [5.74, 6) is -1.34. The van der Waals surface area contributed by atoms with Crippen molar-refractivity contribution < 1.29 is 13.6 Å². The van der Waals surface area contributed by atoms with Crippen molar-refractivity contribution in [3.05, 3.63) is 34.3 Å². The molecular formula is C9H7BrF2O. The van der Waals surface area contributed by atoms with Gasteiger partial charge in [-0.3, -0.25) is 0 Å². The molecule has 1 aromatic carbocycles. The molecule has 0 saturated heterocycles. The number of carbonyl (C=O) groups is 1. The lowest BCUT2D eigenvalue weighted by Gasteiger charge is -2.10. The van der Waals surface area contributed by atoms with Crippen LogP contribution in [0.4, 0.5) is 8.78 Å². The third-order valence-electron chi connectivity index (χ3n) is 1.68. The highest BCUT2D eigenvalue weighted by atomic mass is 79.9. The molecule has 1 unspecified atom stereocenters. The lowest BCUT2D eigenvalue weighted by atomic mass is 10.0. The summed E-state index contributed by atoms with van der Waals surface area (Å²) in [6.45, 7) is 0. The molecule has 0 fully saturated rings. The van der Waals surface area contributed by atoms with E-state index in [9.17, 15) is 13.6 Å². The minimum absolute atomic E-state index is 0.269. The molecule has 0 saturated carbocycles. The van der Waals surface area contributed by atoms with Crippen LogP contribution in [0.3, 0.4) is 0 Å². The highest BCUT2D eigenvalue weighted by molar-refractivity contribution is 9.10. The first kappa shape index (κ1) is 10.3. The van der Waals surface area contributed by atoms with E-state index in [0.29, 0.717) is 10.0 Å². The molecule has 13 heavy (non-hydrogen) atoms. The summed E-state index contributed by atoms with van der Waals surface area (Å²) in [7, 11) is 0. The number of aldehydes is 1. The molecule has 4 heteroatoms.